The molecule has 8 fully saturated rings. The van der Waals surface area contributed by atoms with E-state index in [1.807, 2.05) is 4.90 Å². The lowest BCUT2D eigenvalue weighted by atomic mass is 9.41. The summed E-state index contributed by atoms with van der Waals surface area (Å²) in [5.41, 5.74) is 0.336. The maximum absolute atomic E-state index is 12.9. The van der Waals surface area contributed by atoms with E-state index in [0.29, 0.717) is 55.2 Å². The Morgan fingerprint density at radius 2 is 1.70 bits per heavy atom. The molecule has 46 heavy (non-hydrogen) atoms. The maximum Gasteiger partial charge on any atom is 0.223 e. The molecule has 8 aliphatic rings. The largest absolute Gasteiger partial charge is 0.390 e. The molecule has 2 N–H and O–H groups in total. The zero-order chi connectivity index (χ0) is 32.4. The highest BCUT2D eigenvalue weighted by atomic mass is 16.7. The van der Waals surface area contributed by atoms with Gasteiger partial charge >= 0.3 is 0 Å². The van der Waals surface area contributed by atoms with Crippen LogP contribution in [0.5, 0.6) is 0 Å². The van der Waals surface area contributed by atoms with Crippen molar-refractivity contribution in [3.8, 4) is 0 Å². The second-order valence-corrected chi connectivity index (χ2v) is 18.5. The highest BCUT2D eigenvalue weighted by Gasteiger charge is 2.84. The fourth-order valence-corrected chi connectivity index (χ4v) is 13.9. The van der Waals surface area contributed by atoms with Gasteiger partial charge in [-0.3, -0.25) is 9.59 Å². The topological polar surface area (TPSA) is 106 Å². The van der Waals surface area contributed by atoms with Crippen LogP contribution in [0.25, 0.3) is 0 Å². The minimum absolute atomic E-state index is 0.00437. The molecule has 13 atom stereocenters. The van der Waals surface area contributed by atoms with Gasteiger partial charge in [0.15, 0.2) is 12.1 Å². The van der Waals surface area contributed by atoms with Gasteiger partial charge in [0.2, 0.25) is 5.91 Å². The molecule has 258 valence electrons. The molecule has 8 rings (SSSR count). The van der Waals surface area contributed by atoms with Crippen LogP contribution in [0.3, 0.4) is 0 Å². The zero-order valence-corrected chi connectivity index (χ0v) is 29.0. The van der Waals surface area contributed by atoms with Gasteiger partial charge in [-0.05, 0) is 115 Å². The van der Waals surface area contributed by atoms with Crippen molar-refractivity contribution in [2.45, 2.75) is 142 Å². The number of fused-ring (bicyclic) bond motifs is 4. The smallest absolute Gasteiger partial charge is 0.223 e. The molecule has 0 aromatic heterocycles. The van der Waals surface area contributed by atoms with Crippen LogP contribution in [0.1, 0.15) is 112 Å². The normalized spacial score (nSPS) is 52.1. The number of carbonyl (C=O) groups is 2. The Morgan fingerprint density at radius 1 is 0.957 bits per heavy atom. The van der Waals surface area contributed by atoms with Gasteiger partial charge in [-0.25, -0.2) is 0 Å². The van der Waals surface area contributed by atoms with E-state index in [1.165, 1.54) is 32.1 Å². The third-order valence-corrected chi connectivity index (χ3v) is 16.3. The van der Waals surface area contributed by atoms with E-state index in [0.717, 1.165) is 32.1 Å². The molecule has 8 heteroatoms. The van der Waals surface area contributed by atoms with Crippen molar-refractivity contribution in [1.82, 2.24) is 4.90 Å². The van der Waals surface area contributed by atoms with Crippen LogP contribution >= 0.6 is 0 Å². The van der Waals surface area contributed by atoms with Crippen LogP contribution in [0, 0.1) is 56.7 Å². The number of amides is 1. The number of rotatable bonds is 7. The molecule has 0 aromatic carbocycles. The number of Topliss-reactive ketones (excluding diaryl/α,β-unsaturated/α-hetero) is 1. The molecule has 0 aromatic rings. The number of ketones is 1. The quantitative estimate of drug-likeness (QED) is 0.398. The van der Waals surface area contributed by atoms with Crippen molar-refractivity contribution in [3.05, 3.63) is 0 Å². The molecule has 6 aliphatic carbocycles. The Hall–Kier alpha value is -1.06. The number of aliphatic hydroxyl groups is 2. The minimum Gasteiger partial charge on any atom is -0.390 e. The Labute approximate surface area is 275 Å². The van der Waals surface area contributed by atoms with Gasteiger partial charge in [-0.15, -0.1) is 0 Å². The Kier molecular flexibility index (Phi) is 7.49. The van der Waals surface area contributed by atoms with Crippen molar-refractivity contribution in [2.24, 2.45) is 56.7 Å². The van der Waals surface area contributed by atoms with Gasteiger partial charge in [0, 0.05) is 24.8 Å². The lowest BCUT2D eigenvalue weighted by molar-refractivity contribution is -0.248. The van der Waals surface area contributed by atoms with Gasteiger partial charge in [0.25, 0.3) is 0 Å². The first-order chi connectivity index (χ1) is 21.8. The number of hydrogen-bond donors (Lipinski definition) is 2. The first-order valence-corrected chi connectivity index (χ1v) is 18.8. The van der Waals surface area contributed by atoms with Gasteiger partial charge in [-0.1, -0.05) is 34.6 Å². The van der Waals surface area contributed by atoms with Crippen LogP contribution in [0.4, 0.5) is 0 Å². The van der Waals surface area contributed by atoms with Crippen LogP contribution < -0.4 is 0 Å². The summed E-state index contributed by atoms with van der Waals surface area (Å²) in [4.78, 5) is 27.0. The molecule has 2 aliphatic heterocycles. The second-order valence-electron chi connectivity index (χ2n) is 18.5. The molecule has 2 heterocycles. The summed E-state index contributed by atoms with van der Waals surface area (Å²) < 4.78 is 19.6. The molecule has 6 saturated carbocycles. The third kappa shape index (κ3) is 4.34. The Morgan fingerprint density at radius 3 is 2.43 bits per heavy atom. The predicted octanol–water partition coefficient (Wildman–Crippen LogP) is 5.12. The molecule has 1 amide bonds. The van der Waals surface area contributed by atoms with Crippen molar-refractivity contribution in [3.63, 3.8) is 0 Å². The molecule has 0 radical (unpaired) electrons. The van der Waals surface area contributed by atoms with E-state index in [-0.39, 0.29) is 70.3 Å². The van der Waals surface area contributed by atoms with Crippen molar-refractivity contribution in [2.75, 3.05) is 26.3 Å². The first-order valence-electron chi connectivity index (χ1n) is 18.8. The molecule has 0 bridgehead atoms. The number of morpholine rings is 1. The number of ether oxygens (including phenoxy) is 3. The summed E-state index contributed by atoms with van der Waals surface area (Å²) in [6.45, 7) is 13.4. The van der Waals surface area contributed by atoms with Gasteiger partial charge < -0.3 is 29.3 Å². The van der Waals surface area contributed by atoms with E-state index in [2.05, 4.69) is 34.6 Å². The summed E-state index contributed by atoms with van der Waals surface area (Å²) in [5.74, 6) is 2.36. The highest BCUT2D eigenvalue weighted by molar-refractivity contribution is 5.79. The molecular weight excluding hydrogens is 582 g/mol. The SMILES string of the molecule is C[C@@H]1CC(CC(=O)CO)OC2[C@H]1C1(C)CC[C@@]34CC35CCC(O[C@H]3CN(C(=O)CC6CC6)CCO3)C(C)(C)[C@@H]5CCC4[C@]1(C)[C@H]2O. The van der Waals surface area contributed by atoms with E-state index in [9.17, 15) is 19.8 Å². The Bertz CT molecular complexity index is 1250. The number of hydrogen-bond acceptors (Lipinski definition) is 7. The fourth-order valence-electron chi connectivity index (χ4n) is 13.9. The van der Waals surface area contributed by atoms with E-state index in [4.69, 9.17) is 14.2 Å². The number of carbonyl (C=O) groups excluding carboxylic acids is 2. The molecule has 8 nitrogen and oxygen atoms in total. The van der Waals surface area contributed by atoms with E-state index >= 15 is 0 Å². The summed E-state index contributed by atoms with van der Waals surface area (Å²) in [6.07, 6.45) is 11.0. The molecule has 6 unspecified atom stereocenters. The summed E-state index contributed by atoms with van der Waals surface area (Å²) in [6, 6.07) is 0. The lowest BCUT2D eigenvalue weighted by Crippen LogP contribution is -2.60. The number of aliphatic hydroxyl groups excluding tert-OH is 2. The molecule has 2 spiro atoms. The zero-order valence-electron chi connectivity index (χ0n) is 29.0. The lowest BCUT2D eigenvalue weighted by Gasteiger charge is -2.64. The van der Waals surface area contributed by atoms with Gasteiger partial charge in [0.1, 0.15) is 6.61 Å². The summed E-state index contributed by atoms with van der Waals surface area (Å²) in [5, 5.41) is 21.7. The van der Waals surface area contributed by atoms with Crippen molar-refractivity contribution >= 4 is 11.7 Å². The monoisotopic (exact) mass is 641 g/mol. The van der Waals surface area contributed by atoms with Crippen LogP contribution in [-0.4, -0.2) is 83.8 Å². The predicted molar refractivity (Wildman–Crippen MR) is 171 cm³/mol. The van der Waals surface area contributed by atoms with Crippen molar-refractivity contribution < 1.29 is 34.0 Å². The van der Waals surface area contributed by atoms with Crippen molar-refractivity contribution in [1.29, 1.82) is 0 Å². The number of nitrogens with zero attached hydrogens (tertiary/aromatic N) is 1. The fraction of sp³-hybridized carbons (Fsp3) is 0.947. The van der Waals surface area contributed by atoms with Crippen LogP contribution in [0.2, 0.25) is 0 Å². The first kappa shape index (κ1) is 32.2. The van der Waals surface area contributed by atoms with Crippen LogP contribution in [-0.2, 0) is 23.8 Å². The van der Waals surface area contributed by atoms with E-state index < -0.39 is 12.7 Å². The summed E-state index contributed by atoms with van der Waals surface area (Å²) >= 11 is 0. The third-order valence-electron chi connectivity index (χ3n) is 16.3. The van der Waals surface area contributed by atoms with Crippen LogP contribution in [0.15, 0.2) is 0 Å². The standard InChI is InChI=1S/C38H59NO7/c1-22-16-25(18-24(41)20-40)45-32-31(22)35(4)12-13-38-21-37(38)11-10-28(34(2,3)26(37)8-9-27(38)36(35,5)33(32)43)46-30-19-39(14-15-44-30)29(42)17-23-6-7-23/h22-23,25-28,30-33,40,43H,6-21H2,1-5H3/t22-,25?,26+,27?,28?,30+,31+,32?,33+,35?,36-,37?,38+/m1/s1. The second kappa shape index (κ2) is 10.7. The van der Waals surface area contributed by atoms with Gasteiger partial charge in [-0.2, -0.15) is 0 Å². The molecule has 2 saturated heterocycles. The summed E-state index contributed by atoms with van der Waals surface area (Å²) in [7, 11) is 0. The minimum atomic E-state index is -0.546. The average molecular weight is 642 g/mol. The maximum atomic E-state index is 12.9. The van der Waals surface area contributed by atoms with Gasteiger partial charge in [0.05, 0.1) is 37.6 Å². The highest BCUT2D eigenvalue weighted by Crippen LogP contribution is 2.89. The average Bonchev–Trinajstić information content (AvgIpc) is 3.94. The van der Waals surface area contributed by atoms with E-state index in [1.54, 1.807) is 0 Å². The molecular formula is C38H59NO7. The Balaban J connectivity index is 0.999.